The maximum atomic E-state index is 13.1. The van der Waals surface area contributed by atoms with Gasteiger partial charge in [-0.2, -0.15) is 0 Å². The molecule has 2 rings (SSSR count). The minimum atomic E-state index is -1.63. The maximum absolute atomic E-state index is 13.1. The summed E-state index contributed by atoms with van der Waals surface area (Å²) in [5.41, 5.74) is 0.773. The van der Waals surface area contributed by atoms with E-state index in [1.165, 1.54) is 16.7 Å². The van der Waals surface area contributed by atoms with Crippen LogP contribution in [0.1, 0.15) is 19.4 Å². The van der Waals surface area contributed by atoms with Crippen LogP contribution in [0.25, 0.3) is 0 Å². The molecule has 1 aliphatic rings. The highest BCUT2D eigenvalue weighted by molar-refractivity contribution is 8.00. The third-order valence-electron chi connectivity index (χ3n) is 4.74. The van der Waals surface area contributed by atoms with Gasteiger partial charge in [-0.3, -0.25) is 9.59 Å². The quantitative estimate of drug-likeness (QED) is 0.469. The molecule has 8 nitrogen and oxygen atoms in total. The summed E-state index contributed by atoms with van der Waals surface area (Å²) in [7, 11) is 0. The second-order valence-corrected chi connectivity index (χ2v) is 8.91. The van der Waals surface area contributed by atoms with Gasteiger partial charge in [0.2, 0.25) is 5.91 Å². The van der Waals surface area contributed by atoms with Crippen molar-refractivity contribution in [3.8, 4) is 0 Å². The summed E-state index contributed by atoms with van der Waals surface area (Å²) < 4.78 is -0.560. The van der Waals surface area contributed by atoms with Gasteiger partial charge in [0.05, 0.1) is 11.9 Å². The molecule has 0 aliphatic carbocycles. The number of carboxylic acid groups (broad SMARTS) is 1. The first-order valence-electron chi connectivity index (χ1n) is 9.22. The van der Waals surface area contributed by atoms with E-state index < -0.39 is 34.9 Å². The number of aliphatic hydroxyl groups excluding tert-OH is 1. The second kappa shape index (κ2) is 9.80. The van der Waals surface area contributed by atoms with Crippen molar-refractivity contribution in [2.75, 3.05) is 12.4 Å². The van der Waals surface area contributed by atoms with Gasteiger partial charge in [0.1, 0.15) is 6.04 Å². The van der Waals surface area contributed by atoms with Gasteiger partial charge in [0, 0.05) is 11.3 Å². The molecule has 4 N–H and O–H groups in total. The van der Waals surface area contributed by atoms with Crippen molar-refractivity contribution in [3.63, 3.8) is 0 Å². The Bertz CT molecular complexity index is 756. The first kappa shape index (κ1) is 22.8. The molecule has 1 aromatic rings. The highest BCUT2D eigenvalue weighted by Crippen LogP contribution is 2.39. The molecule has 1 fully saturated rings. The van der Waals surface area contributed by atoms with Crippen molar-refractivity contribution >= 4 is 29.7 Å². The molecule has 9 heteroatoms. The fourth-order valence-electron chi connectivity index (χ4n) is 3.29. The third kappa shape index (κ3) is 5.74. The Labute approximate surface area is 174 Å². The highest BCUT2D eigenvalue weighted by Gasteiger charge is 2.49. The fourth-order valence-corrected chi connectivity index (χ4v) is 4.43. The fraction of sp³-hybridized carbons (Fsp3) is 0.450. The van der Waals surface area contributed by atoms with Crippen molar-refractivity contribution < 1.29 is 24.6 Å². The Balaban J connectivity index is 2.22. The van der Waals surface area contributed by atoms with Crippen molar-refractivity contribution in [1.29, 1.82) is 0 Å². The summed E-state index contributed by atoms with van der Waals surface area (Å²) in [6.45, 7) is 7.53. The van der Waals surface area contributed by atoms with Gasteiger partial charge in [0.15, 0.2) is 6.10 Å². The van der Waals surface area contributed by atoms with Crippen molar-refractivity contribution in [2.24, 2.45) is 0 Å². The van der Waals surface area contributed by atoms with E-state index in [0.717, 1.165) is 5.56 Å². The van der Waals surface area contributed by atoms with Gasteiger partial charge >= 0.3 is 6.09 Å². The predicted octanol–water partition coefficient (Wildman–Crippen LogP) is 1.21. The molecule has 1 saturated heterocycles. The molecule has 1 aliphatic heterocycles. The van der Waals surface area contributed by atoms with Gasteiger partial charge in [-0.25, -0.2) is 4.79 Å². The van der Waals surface area contributed by atoms with Crippen molar-refractivity contribution in [2.45, 2.75) is 43.2 Å². The Morgan fingerprint density at radius 1 is 1.34 bits per heavy atom. The van der Waals surface area contributed by atoms with E-state index in [0.29, 0.717) is 0 Å². The summed E-state index contributed by atoms with van der Waals surface area (Å²) in [5.74, 6) is -0.803. The molecule has 29 heavy (non-hydrogen) atoms. The molecule has 0 unspecified atom stereocenters. The molecule has 0 radical (unpaired) electrons. The molecule has 0 saturated carbocycles. The lowest BCUT2D eigenvalue weighted by molar-refractivity contribution is -0.147. The Morgan fingerprint density at radius 3 is 2.59 bits per heavy atom. The van der Waals surface area contributed by atoms with E-state index in [4.69, 9.17) is 5.11 Å². The smallest absolute Gasteiger partial charge is 0.404 e. The number of amides is 3. The summed E-state index contributed by atoms with van der Waals surface area (Å²) in [6, 6.07) is 7.13. The number of carbonyl (C=O) groups is 3. The zero-order valence-electron chi connectivity index (χ0n) is 16.5. The molecule has 0 bridgehead atoms. The van der Waals surface area contributed by atoms with E-state index >= 15 is 0 Å². The number of aliphatic hydroxyl groups is 1. The number of nitrogens with one attached hydrogen (secondary N) is 2. The van der Waals surface area contributed by atoms with Gasteiger partial charge < -0.3 is 25.7 Å². The normalized spacial score (nSPS) is 19.8. The summed E-state index contributed by atoms with van der Waals surface area (Å²) in [4.78, 5) is 38.2. The monoisotopic (exact) mass is 421 g/mol. The third-order valence-corrected chi connectivity index (χ3v) is 6.11. The van der Waals surface area contributed by atoms with Gasteiger partial charge in [-0.05, 0) is 25.8 Å². The van der Waals surface area contributed by atoms with Crippen LogP contribution in [0.15, 0.2) is 43.0 Å². The Morgan fingerprint density at radius 2 is 2.00 bits per heavy atom. The summed E-state index contributed by atoms with van der Waals surface area (Å²) >= 11 is 1.42. The van der Waals surface area contributed by atoms with Crippen molar-refractivity contribution in [1.82, 2.24) is 15.5 Å². The van der Waals surface area contributed by atoms with Crippen LogP contribution < -0.4 is 10.6 Å². The van der Waals surface area contributed by atoms with Crippen LogP contribution >= 0.6 is 11.8 Å². The molecule has 3 atom stereocenters. The molecular weight excluding hydrogens is 394 g/mol. The molecule has 0 spiro atoms. The van der Waals surface area contributed by atoms with Crippen LogP contribution in [0.5, 0.6) is 0 Å². The zero-order valence-corrected chi connectivity index (χ0v) is 17.3. The lowest BCUT2D eigenvalue weighted by Gasteiger charge is -2.33. The SMILES string of the molecule is C=CCNC(=O)[C@H]1N(C(=O)[C@@H](O)[C@H](Cc2ccccc2)NC(=O)O)CSC1(C)C. The summed E-state index contributed by atoms with van der Waals surface area (Å²) in [5, 5.41) is 24.8. The number of rotatable bonds is 8. The van der Waals surface area contributed by atoms with E-state index in [9.17, 15) is 19.5 Å². The van der Waals surface area contributed by atoms with Gasteiger partial charge in [0.25, 0.3) is 5.91 Å². The molecule has 1 heterocycles. The van der Waals surface area contributed by atoms with E-state index in [1.54, 1.807) is 30.3 Å². The number of nitrogens with zero attached hydrogens (tertiary/aromatic N) is 1. The number of carbonyl (C=O) groups excluding carboxylic acids is 2. The number of hydrogen-bond donors (Lipinski definition) is 4. The largest absolute Gasteiger partial charge is 0.465 e. The molecule has 1 aromatic carbocycles. The van der Waals surface area contributed by atoms with Crippen LogP contribution in [-0.4, -0.2) is 68.4 Å². The van der Waals surface area contributed by atoms with E-state index in [-0.39, 0.29) is 24.7 Å². The minimum Gasteiger partial charge on any atom is -0.465 e. The van der Waals surface area contributed by atoms with Crippen LogP contribution in [0.4, 0.5) is 4.79 Å². The van der Waals surface area contributed by atoms with Crippen LogP contribution in [0.3, 0.4) is 0 Å². The minimum absolute atomic E-state index is 0.137. The van der Waals surface area contributed by atoms with E-state index in [2.05, 4.69) is 17.2 Å². The average molecular weight is 422 g/mol. The molecule has 3 amide bonds. The van der Waals surface area contributed by atoms with Crippen LogP contribution in [0, 0.1) is 0 Å². The summed E-state index contributed by atoms with van der Waals surface area (Å²) in [6.07, 6.45) is -1.29. The number of thioether (sulfide) groups is 1. The molecule has 158 valence electrons. The van der Waals surface area contributed by atoms with Gasteiger partial charge in [-0.1, -0.05) is 36.4 Å². The Hall–Kier alpha value is -2.52. The Kier molecular flexibility index (Phi) is 7.69. The maximum Gasteiger partial charge on any atom is 0.404 e. The zero-order chi connectivity index (χ0) is 21.6. The lowest BCUT2D eigenvalue weighted by Crippen LogP contribution is -2.58. The molecular formula is C20H27N3O5S. The predicted molar refractivity (Wildman–Crippen MR) is 111 cm³/mol. The second-order valence-electron chi connectivity index (χ2n) is 7.31. The van der Waals surface area contributed by atoms with Crippen molar-refractivity contribution in [3.05, 3.63) is 48.6 Å². The first-order chi connectivity index (χ1) is 13.7. The topological polar surface area (TPSA) is 119 Å². The average Bonchev–Trinajstić information content (AvgIpc) is 3.00. The van der Waals surface area contributed by atoms with E-state index in [1.807, 2.05) is 19.9 Å². The standard InChI is InChI=1S/C20H27N3O5S/c1-4-10-21-17(25)16-20(2,3)29-12-23(16)18(26)15(24)14(22-19(27)28)11-13-8-6-5-7-9-13/h4-9,14-16,22,24H,1,10-12H2,2-3H3,(H,21,25)(H,27,28)/t14-,15-,16+/m0/s1. The highest BCUT2D eigenvalue weighted by atomic mass is 32.2. The lowest BCUT2D eigenvalue weighted by atomic mass is 9.97. The number of benzene rings is 1. The molecule has 0 aromatic heterocycles. The van der Waals surface area contributed by atoms with Crippen LogP contribution in [-0.2, 0) is 16.0 Å². The van der Waals surface area contributed by atoms with Gasteiger partial charge in [-0.15, -0.1) is 18.3 Å². The van der Waals surface area contributed by atoms with Crippen LogP contribution in [0.2, 0.25) is 0 Å². The first-order valence-corrected chi connectivity index (χ1v) is 10.2. The number of hydrogen-bond acceptors (Lipinski definition) is 5.